The van der Waals surface area contributed by atoms with Crippen LogP contribution >= 0.6 is 11.3 Å². The number of hydrogen-bond donors (Lipinski definition) is 2. The largest absolute Gasteiger partial charge is 0.477 e. The summed E-state index contributed by atoms with van der Waals surface area (Å²) < 4.78 is 38.4. The molecule has 2 rings (SSSR count). The number of halogens is 3. The van der Waals surface area contributed by atoms with Crippen molar-refractivity contribution in [3.8, 4) is 0 Å². The van der Waals surface area contributed by atoms with Crippen LogP contribution in [-0.4, -0.2) is 17.0 Å². The number of rotatable bonds is 3. The van der Waals surface area contributed by atoms with Gasteiger partial charge in [-0.25, -0.2) is 4.79 Å². The van der Waals surface area contributed by atoms with Crippen molar-refractivity contribution in [3.05, 3.63) is 52.4 Å². The summed E-state index contributed by atoms with van der Waals surface area (Å²) in [5.41, 5.74) is -1.56. The van der Waals surface area contributed by atoms with Gasteiger partial charge in [0.15, 0.2) is 0 Å². The van der Waals surface area contributed by atoms with Crippen LogP contribution in [0.5, 0.6) is 0 Å². The molecule has 4 nitrogen and oxygen atoms in total. The number of carbonyl (C=O) groups excluding carboxylic acids is 1. The zero-order valence-electron chi connectivity index (χ0n) is 10.3. The lowest BCUT2D eigenvalue weighted by atomic mass is 10.1. The number of amides is 1. The fourth-order valence-electron chi connectivity index (χ4n) is 1.63. The van der Waals surface area contributed by atoms with Crippen molar-refractivity contribution in [1.29, 1.82) is 0 Å². The molecule has 2 aromatic rings. The first kappa shape index (κ1) is 15.0. The van der Waals surface area contributed by atoms with Gasteiger partial charge in [-0.05, 0) is 24.3 Å². The van der Waals surface area contributed by atoms with Gasteiger partial charge >= 0.3 is 12.1 Å². The van der Waals surface area contributed by atoms with E-state index in [-0.39, 0.29) is 9.88 Å². The Kier molecular flexibility index (Phi) is 3.99. The molecule has 1 amide bonds. The van der Waals surface area contributed by atoms with Crippen molar-refractivity contribution in [3.63, 3.8) is 0 Å². The number of benzene rings is 1. The van der Waals surface area contributed by atoms with Gasteiger partial charge in [-0.15, -0.1) is 11.3 Å². The first-order valence-electron chi connectivity index (χ1n) is 5.60. The Morgan fingerprint density at radius 2 is 1.76 bits per heavy atom. The highest BCUT2D eigenvalue weighted by molar-refractivity contribution is 7.18. The molecule has 0 atom stereocenters. The van der Waals surface area contributed by atoms with E-state index < -0.39 is 29.2 Å². The predicted octanol–water partition coefficient (Wildman–Crippen LogP) is 3.72. The molecule has 0 aliphatic heterocycles. The van der Waals surface area contributed by atoms with Crippen molar-refractivity contribution in [1.82, 2.24) is 0 Å². The first-order chi connectivity index (χ1) is 9.79. The number of nitrogens with one attached hydrogen (secondary N) is 1. The van der Waals surface area contributed by atoms with E-state index in [1.807, 2.05) is 0 Å². The molecule has 0 spiro atoms. The number of alkyl halides is 3. The van der Waals surface area contributed by atoms with E-state index in [4.69, 9.17) is 5.11 Å². The molecule has 110 valence electrons. The molecule has 2 N–H and O–H groups in total. The van der Waals surface area contributed by atoms with Gasteiger partial charge in [0.1, 0.15) is 4.88 Å². The van der Waals surface area contributed by atoms with E-state index in [1.54, 1.807) is 0 Å². The van der Waals surface area contributed by atoms with E-state index in [2.05, 4.69) is 5.32 Å². The number of hydrogen-bond acceptors (Lipinski definition) is 3. The summed E-state index contributed by atoms with van der Waals surface area (Å²) in [4.78, 5) is 22.6. The number of carboxylic acid groups (broad SMARTS) is 1. The van der Waals surface area contributed by atoms with E-state index in [0.717, 1.165) is 23.5 Å². The standard InChI is InChI=1S/C13H8F3NO3S/c14-13(15,16)8-4-2-1-3-7(8)11(18)17-10-6-5-9(21-10)12(19)20/h1-6H,(H,17,18)(H,19,20). The molecule has 0 bridgehead atoms. The smallest absolute Gasteiger partial charge is 0.417 e. The molecule has 0 aliphatic carbocycles. The van der Waals surface area contributed by atoms with Crippen LogP contribution in [0.2, 0.25) is 0 Å². The minimum absolute atomic E-state index is 0.0191. The third-order valence-electron chi connectivity index (χ3n) is 2.53. The van der Waals surface area contributed by atoms with Crippen LogP contribution in [0, 0.1) is 0 Å². The summed E-state index contributed by atoms with van der Waals surface area (Å²) >= 11 is 0.765. The van der Waals surface area contributed by atoms with Gasteiger partial charge < -0.3 is 10.4 Å². The molecule has 8 heteroatoms. The van der Waals surface area contributed by atoms with E-state index in [0.29, 0.717) is 0 Å². The summed E-state index contributed by atoms with van der Waals surface area (Å²) in [6.07, 6.45) is -4.64. The van der Waals surface area contributed by atoms with Gasteiger partial charge in [-0.2, -0.15) is 13.2 Å². The van der Waals surface area contributed by atoms with Crippen LogP contribution in [-0.2, 0) is 6.18 Å². The van der Waals surface area contributed by atoms with Gasteiger partial charge in [0.05, 0.1) is 16.1 Å². The Hall–Kier alpha value is -2.35. The highest BCUT2D eigenvalue weighted by Crippen LogP contribution is 2.32. The van der Waals surface area contributed by atoms with Gasteiger partial charge in [-0.3, -0.25) is 4.79 Å². The molecule has 1 heterocycles. The number of carbonyl (C=O) groups is 2. The second-order valence-corrected chi connectivity index (χ2v) is 5.05. The lowest BCUT2D eigenvalue weighted by molar-refractivity contribution is -0.137. The van der Waals surface area contributed by atoms with Crippen molar-refractivity contribution in [2.24, 2.45) is 0 Å². The molecule has 1 aromatic heterocycles. The van der Waals surface area contributed by atoms with E-state index in [9.17, 15) is 22.8 Å². The zero-order chi connectivity index (χ0) is 15.6. The van der Waals surface area contributed by atoms with Crippen molar-refractivity contribution in [2.75, 3.05) is 5.32 Å². The monoisotopic (exact) mass is 315 g/mol. The van der Waals surface area contributed by atoms with Crippen molar-refractivity contribution >= 4 is 28.2 Å². The Balaban J connectivity index is 2.26. The maximum Gasteiger partial charge on any atom is 0.417 e. The summed E-state index contributed by atoms with van der Waals surface area (Å²) in [5, 5.41) is 11.2. The summed E-state index contributed by atoms with van der Waals surface area (Å²) in [7, 11) is 0. The Labute approximate surface area is 120 Å². The fraction of sp³-hybridized carbons (Fsp3) is 0.0769. The number of carboxylic acids is 1. The van der Waals surface area contributed by atoms with Crippen molar-refractivity contribution in [2.45, 2.75) is 6.18 Å². The predicted molar refractivity (Wildman–Crippen MR) is 70.7 cm³/mol. The Morgan fingerprint density at radius 1 is 1.10 bits per heavy atom. The second-order valence-electron chi connectivity index (χ2n) is 3.97. The lowest BCUT2D eigenvalue weighted by Gasteiger charge is -2.11. The van der Waals surface area contributed by atoms with E-state index >= 15 is 0 Å². The van der Waals surface area contributed by atoms with Crippen LogP contribution in [0.1, 0.15) is 25.6 Å². The van der Waals surface area contributed by atoms with Crippen LogP contribution in [0.25, 0.3) is 0 Å². The second kappa shape index (κ2) is 5.57. The molecular weight excluding hydrogens is 307 g/mol. The average molecular weight is 315 g/mol. The SMILES string of the molecule is O=C(O)c1ccc(NC(=O)c2ccccc2C(F)(F)F)s1. The number of thiophene rings is 1. The van der Waals surface area contributed by atoms with Crippen LogP contribution < -0.4 is 5.32 Å². The molecular formula is C13H8F3NO3S. The average Bonchev–Trinajstić information content (AvgIpc) is 2.86. The lowest BCUT2D eigenvalue weighted by Crippen LogP contribution is -2.18. The highest BCUT2D eigenvalue weighted by Gasteiger charge is 2.34. The van der Waals surface area contributed by atoms with Crippen LogP contribution in [0.3, 0.4) is 0 Å². The van der Waals surface area contributed by atoms with Crippen molar-refractivity contribution < 1.29 is 27.9 Å². The molecule has 0 fully saturated rings. The molecule has 0 radical (unpaired) electrons. The Morgan fingerprint density at radius 3 is 2.33 bits per heavy atom. The quantitative estimate of drug-likeness (QED) is 0.907. The summed E-state index contributed by atoms with van der Waals surface area (Å²) in [5.74, 6) is -2.11. The number of aromatic carboxylic acids is 1. The highest BCUT2D eigenvalue weighted by atomic mass is 32.1. The van der Waals surface area contributed by atoms with Gasteiger partial charge in [-0.1, -0.05) is 12.1 Å². The van der Waals surface area contributed by atoms with Crippen LogP contribution in [0.4, 0.5) is 18.2 Å². The van der Waals surface area contributed by atoms with E-state index in [1.165, 1.54) is 24.3 Å². The molecule has 1 aromatic carbocycles. The zero-order valence-corrected chi connectivity index (χ0v) is 11.1. The van der Waals surface area contributed by atoms with Gasteiger partial charge in [0, 0.05) is 0 Å². The third kappa shape index (κ3) is 3.40. The molecule has 21 heavy (non-hydrogen) atoms. The molecule has 0 aliphatic rings. The molecule has 0 unspecified atom stereocenters. The third-order valence-corrected chi connectivity index (χ3v) is 3.52. The van der Waals surface area contributed by atoms with Crippen LogP contribution in [0.15, 0.2) is 36.4 Å². The number of anilines is 1. The minimum atomic E-state index is -4.64. The normalized spacial score (nSPS) is 11.2. The van der Waals surface area contributed by atoms with Gasteiger partial charge in [0.25, 0.3) is 5.91 Å². The first-order valence-corrected chi connectivity index (χ1v) is 6.41. The summed E-state index contributed by atoms with van der Waals surface area (Å²) in [6, 6.07) is 6.96. The summed E-state index contributed by atoms with van der Waals surface area (Å²) in [6.45, 7) is 0. The molecule has 0 saturated heterocycles. The minimum Gasteiger partial charge on any atom is -0.477 e. The fourth-order valence-corrected chi connectivity index (χ4v) is 2.37. The van der Waals surface area contributed by atoms with Gasteiger partial charge in [0.2, 0.25) is 0 Å². The topological polar surface area (TPSA) is 66.4 Å². The maximum absolute atomic E-state index is 12.8. The molecule has 0 saturated carbocycles. The Bertz CT molecular complexity index is 694. The maximum atomic E-state index is 12.8.